The van der Waals surface area contributed by atoms with Crippen LogP contribution >= 0.6 is 23.2 Å². The van der Waals surface area contributed by atoms with Gasteiger partial charge in [-0.25, -0.2) is 10.1 Å². The number of nitrogens with one attached hydrogen (secondary N) is 1. The first-order valence-electron chi connectivity index (χ1n) is 11.9. The molecule has 1 amide bonds. The van der Waals surface area contributed by atoms with Crippen molar-refractivity contribution in [2.24, 2.45) is 5.10 Å². The smallest absolute Gasteiger partial charge is 0.323 e. The summed E-state index contributed by atoms with van der Waals surface area (Å²) in [6.45, 7) is 0. The topological polar surface area (TPSA) is 77.7 Å². The number of rotatable bonds is 9. The highest BCUT2D eigenvalue weighted by Crippen LogP contribution is 2.23. The number of aromatic nitrogens is 2. The van der Waals surface area contributed by atoms with Crippen LogP contribution in [-0.2, 0) is 4.79 Å². The number of hydrogen-bond donors (Lipinski definition) is 1. The summed E-state index contributed by atoms with van der Waals surface area (Å²) in [5.74, 6) is 0.175. The first-order valence-corrected chi connectivity index (χ1v) is 12.7. The van der Waals surface area contributed by atoms with Crippen LogP contribution < -0.4 is 14.9 Å². The predicted octanol–water partition coefficient (Wildman–Crippen LogP) is 6.78. The van der Waals surface area contributed by atoms with Crippen molar-refractivity contribution in [1.29, 1.82) is 0 Å². The lowest BCUT2D eigenvalue weighted by atomic mass is 10.1. The third-order valence-corrected chi connectivity index (χ3v) is 6.02. The second-order valence-electron chi connectivity index (χ2n) is 8.29. The highest BCUT2D eigenvalue weighted by Gasteiger charge is 2.23. The molecule has 7 nitrogen and oxygen atoms in total. The number of ether oxygens (including phenoxy) is 2. The number of nitrogens with zero attached hydrogens (tertiary/aromatic N) is 3. The van der Waals surface area contributed by atoms with Crippen LogP contribution in [0.2, 0.25) is 10.0 Å². The van der Waals surface area contributed by atoms with Crippen molar-refractivity contribution in [2.75, 3.05) is 0 Å². The third kappa shape index (κ3) is 6.84. The molecule has 4 aromatic carbocycles. The second-order valence-corrected chi connectivity index (χ2v) is 9.16. The van der Waals surface area contributed by atoms with Gasteiger partial charge in [0.25, 0.3) is 0 Å². The van der Waals surface area contributed by atoms with E-state index < -0.39 is 12.2 Å². The Labute approximate surface area is 235 Å². The molecule has 0 bridgehead atoms. The number of amides is 1. The van der Waals surface area contributed by atoms with Gasteiger partial charge in [-0.05, 0) is 60.7 Å². The number of carbonyl (C=O) groups is 1. The minimum absolute atomic E-state index is 0.396. The van der Waals surface area contributed by atoms with Crippen LogP contribution in [0.4, 0.5) is 0 Å². The van der Waals surface area contributed by atoms with Crippen molar-refractivity contribution in [2.45, 2.75) is 6.29 Å². The van der Waals surface area contributed by atoms with Crippen molar-refractivity contribution in [3.63, 3.8) is 0 Å². The average Bonchev–Trinajstić information content (AvgIpc) is 3.40. The highest BCUT2D eigenvalue weighted by atomic mass is 35.5. The molecular formula is C30H22Cl2N4O3. The van der Waals surface area contributed by atoms with Crippen molar-refractivity contribution >= 4 is 35.3 Å². The Morgan fingerprint density at radius 3 is 1.90 bits per heavy atom. The average molecular weight is 557 g/mol. The lowest BCUT2D eigenvalue weighted by Crippen LogP contribution is -2.40. The van der Waals surface area contributed by atoms with Gasteiger partial charge < -0.3 is 9.47 Å². The lowest BCUT2D eigenvalue weighted by Gasteiger charge is -2.19. The maximum atomic E-state index is 13.1. The fourth-order valence-corrected chi connectivity index (χ4v) is 3.89. The van der Waals surface area contributed by atoms with Gasteiger partial charge in [-0.1, -0.05) is 71.7 Å². The molecule has 0 unspecified atom stereocenters. The molecular weight excluding hydrogens is 535 g/mol. The number of para-hydroxylation sites is 1. The van der Waals surface area contributed by atoms with Gasteiger partial charge in [0, 0.05) is 27.4 Å². The number of carbonyl (C=O) groups excluding carboxylic acids is 1. The van der Waals surface area contributed by atoms with Gasteiger partial charge in [-0.2, -0.15) is 10.2 Å². The van der Waals surface area contributed by atoms with Crippen LogP contribution in [0.25, 0.3) is 16.9 Å². The van der Waals surface area contributed by atoms with E-state index in [0.29, 0.717) is 32.8 Å². The normalized spacial score (nSPS) is 11.1. The van der Waals surface area contributed by atoms with Crippen molar-refractivity contribution < 1.29 is 14.3 Å². The van der Waals surface area contributed by atoms with Gasteiger partial charge in [-0.15, -0.1) is 0 Å². The van der Waals surface area contributed by atoms with Crippen LogP contribution in [0.3, 0.4) is 0 Å². The molecule has 0 atom stereocenters. The molecule has 1 heterocycles. The van der Waals surface area contributed by atoms with Crippen LogP contribution in [0.15, 0.2) is 120 Å². The van der Waals surface area contributed by atoms with Crippen LogP contribution in [0, 0.1) is 0 Å². The molecule has 0 aliphatic carbocycles. The first kappa shape index (κ1) is 26.0. The van der Waals surface area contributed by atoms with Gasteiger partial charge in [0.1, 0.15) is 17.2 Å². The molecule has 0 radical (unpaired) electrons. The summed E-state index contributed by atoms with van der Waals surface area (Å²) >= 11 is 12.0. The number of halogens is 2. The SMILES string of the molecule is O=C(NN=Cc1cn(-c2ccccc2)nc1-c1ccccc1)C(Oc1ccc(Cl)cc1)Oc1ccc(Cl)cc1. The zero-order chi connectivity index (χ0) is 27.0. The Hall–Kier alpha value is -4.59. The standard InChI is InChI=1S/C30H22Cl2N4O3/c31-23-11-15-26(16-12-23)38-30(39-27-17-13-24(32)14-18-27)29(37)34-33-19-22-20-36(25-9-5-2-6-10-25)35-28(22)21-7-3-1-4-8-21/h1-20,30H,(H,34,37). The summed E-state index contributed by atoms with van der Waals surface area (Å²) in [4.78, 5) is 13.1. The van der Waals surface area contributed by atoms with E-state index in [9.17, 15) is 4.79 Å². The quantitative estimate of drug-likeness (QED) is 0.123. The molecule has 0 fully saturated rings. The van der Waals surface area contributed by atoms with Crippen LogP contribution in [-0.4, -0.2) is 28.2 Å². The summed E-state index contributed by atoms with van der Waals surface area (Å²) in [6, 6.07) is 32.6. The third-order valence-electron chi connectivity index (χ3n) is 5.52. The zero-order valence-electron chi connectivity index (χ0n) is 20.4. The van der Waals surface area contributed by atoms with Gasteiger partial charge in [0.2, 0.25) is 0 Å². The largest absolute Gasteiger partial charge is 0.446 e. The Morgan fingerprint density at radius 1 is 0.795 bits per heavy atom. The van der Waals surface area contributed by atoms with E-state index in [0.717, 1.165) is 11.3 Å². The number of hydrogen-bond acceptors (Lipinski definition) is 5. The summed E-state index contributed by atoms with van der Waals surface area (Å²) in [5.41, 5.74) is 5.74. The number of benzene rings is 4. The molecule has 0 saturated carbocycles. The monoisotopic (exact) mass is 556 g/mol. The lowest BCUT2D eigenvalue weighted by molar-refractivity contribution is -0.140. The van der Waals surface area contributed by atoms with E-state index in [-0.39, 0.29) is 0 Å². The van der Waals surface area contributed by atoms with E-state index in [2.05, 4.69) is 10.5 Å². The van der Waals surface area contributed by atoms with Crippen molar-refractivity contribution in [3.8, 4) is 28.4 Å². The molecule has 1 aromatic heterocycles. The van der Waals surface area contributed by atoms with Crippen LogP contribution in [0.5, 0.6) is 11.5 Å². The summed E-state index contributed by atoms with van der Waals surface area (Å²) < 4.78 is 13.4. The van der Waals surface area contributed by atoms with E-state index in [1.54, 1.807) is 53.2 Å². The fraction of sp³-hybridized carbons (Fsp3) is 0.0333. The predicted molar refractivity (Wildman–Crippen MR) is 153 cm³/mol. The molecule has 0 spiro atoms. The zero-order valence-corrected chi connectivity index (χ0v) is 22.0. The summed E-state index contributed by atoms with van der Waals surface area (Å²) in [5, 5.41) is 10.0. The van der Waals surface area contributed by atoms with Gasteiger partial charge in [-0.3, -0.25) is 4.79 Å². The molecule has 0 saturated heterocycles. The Kier molecular flexibility index (Phi) is 8.21. The molecule has 0 aliphatic rings. The van der Waals surface area contributed by atoms with E-state index >= 15 is 0 Å². The van der Waals surface area contributed by atoms with Crippen LogP contribution in [0.1, 0.15) is 5.56 Å². The summed E-state index contributed by atoms with van der Waals surface area (Å²) in [7, 11) is 0. The Balaban J connectivity index is 1.38. The minimum Gasteiger partial charge on any atom is -0.446 e. The molecule has 1 N–H and O–H groups in total. The molecule has 0 aliphatic heterocycles. The fourth-order valence-electron chi connectivity index (χ4n) is 3.64. The molecule has 5 aromatic rings. The molecule has 5 rings (SSSR count). The Bertz CT molecular complexity index is 1510. The van der Waals surface area contributed by atoms with Gasteiger partial charge in [0.05, 0.1) is 11.9 Å². The highest BCUT2D eigenvalue weighted by molar-refractivity contribution is 6.30. The van der Waals surface area contributed by atoms with E-state index in [1.165, 1.54) is 6.21 Å². The molecule has 39 heavy (non-hydrogen) atoms. The second kappa shape index (κ2) is 12.3. The maximum Gasteiger partial charge on any atom is 0.323 e. The molecule has 194 valence electrons. The number of hydrazone groups is 1. The Morgan fingerprint density at radius 2 is 1.33 bits per heavy atom. The maximum absolute atomic E-state index is 13.1. The first-order chi connectivity index (χ1) is 19.0. The molecule has 9 heteroatoms. The van der Waals surface area contributed by atoms with Gasteiger partial charge >= 0.3 is 12.2 Å². The van der Waals surface area contributed by atoms with E-state index in [4.69, 9.17) is 37.8 Å². The van der Waals surface area contributed by atoms with Gasteiger partial charge in [0.15, 0.2) is 0 Å². The van der Waals surface area contributed by atoms with E-state index in [1.807, 2.05) is 66.9 Å². The minimum atomic E-state index is -1.34. The summed E-state index contributed by atoms with van der Waals surface area (Å²) in [6.07, 6.45) is 2.04. The van der Waals surface area contributed by atoms with Crippen molar-refractivity contribution in [1.82, 2.24) is 15.2 Å². The van der Waals surface area contributed by atoms with Crippen molar-refractivity contribution in [3.05, 3.63) is 131 Å².